The minimum atomic E-state index is -0.0538. The summed E-state index contributed by atoms with van der Waals surface area (Å²) in [6.07, 6.45) is 1.25. The van der Waals surface area contributed by atoms with Crippen LogP contribution in [0.25, 0.3) is 0 Å². The molecule has 3 heteroatoms. The summed E-state index contributed by atoms with van der Waals surface area (Å²) in [6, 6.07) is 16.4. The second-order valence-electron chi connectivity index (χ2n) is 7.25. The van der Waals surface area contributed by atoms with Gasteiger partial charge in [0, 0.05) is 5.41 Å². The monoisotopic (exact) mass is 395 g/mol. The van der Waals surface area contributed by atoms with Crippen molar-refractivity contribution in [2.45, 2.75) is 75.3 Å². The molecule has 1 aliphatic heterocycles. The van der Waals surface area contributed by atoms with Crippen LogP contribution in [0.1, 0.15) is 74.3 Å². The lowest BCUT2D eigenvalue weighted by Crippen LogP contribution is -2.41. The van der Waals surface area contributed by atoms with E-state index >= 15 is 0 Å². The molecule has 0 unspecified atom stereocenters. The Bertz CT molecular complexity index is 755. The molecular weight excluding hydrogens is 354 g/mol. The molecule has 29 heavy (non-hydrogen) atoms. The van der Waals surface area contributed by atoms with Gasteiger partial charge in [0.2, 0.25) is 0 Å². The molecule has 1 heterocycles. The summed E-state index contributed by atoms with van der Waals surface area (Å²) in [4.78, 5) is 11.4. The van der Waals surface area contributed by atoms with Crippen LogP contribution in [0.2, 0.25) is 0 Å². The van der Waals surface area contributed by atoms with E-state index in [9.17, 15) is 0 Å². The van der Waals surface area contributed by atoms with E-state index in [1.807, 2.05) is 52.0 Å². The van der Waals surface area contributed by atoms with Gasteiger partial charge in [-0.15, -0.1) is 0 Å². The van der Waals surface area contributed by atoms with E-state index in [-0.39, 0.29) is 5.41 Å². The van der Waals surface area contributed by atoms with Crippen molar-refractivity contribution in [2.24, 2.45) is 15.4 Å². The number of hydrogen-bond acceptors (Lipinski definition) is 3. The standard InChI is InChI=1S/C19H21N3.C3H8.2C2H6/c1-19(2,3)18-21-15-10-6-5-9-14(15)13-22(18)17-12-8-7-11-16(17)20-4;1-3-2;2*1-2/h5-12H,4,13H2,1-3H3;3H2,1-2H3;2*1-2H3. The lowest BCUT2D eigenvalue weighted by atomic mass is 9.91. The SMILES string of the molecule is C=Nc1ccccc1N1Cc2ccccc2N=C1C(C)(C)C.CC.CC.CCC. The lowest BCUT2D eigenvalue weighted by molar-refractivity contribution is 0.573. The Balaban J connectivity index is 0.00000100. The molecule has 2 aromatic rings. The summed E-state index contributed by atoms with van der Waals surface area (Å²) in [5, 5.41) is 0. The first kappa shape index (κ1) is 26.6. The van der Waals surface area contributed by atoms with Crippen LogP contribution in [0, 0.1) is 5.41 Å². The molecule has 0 amide bonds. The highest BCUT2D eigenvalue weighted by molar-refractivity contribution is 6.05. The van der Waals surface area contributed by atoms with Gasteiger partial charge in [-0.05, 0) is 30.5 Å². The normalized spacial score (nSPS) is 11.9. The van der Waals surface area contributed by atoms with Gasteiger partial charge in [-0.25, -0.2) is 4.99 Å². The Morgan fingerprint density at radius 3 is 2.00 bits per heavy atom. The van der Waals surface area contributed by atoms with Crippen LogP contribution in [0.15, 0.2) is 58.5 Å². The number of aliphatic imine (C=N–C) groups is 2. The Morgan fingerprint density at radius 2 is 1.45 bits per heavy atom. The maximum absolute atomic E-state index is 4.93. The van der Waals surface area contributed by atoms with Gasteiger partial charge < -0.3 is 4.90 Å². The second-order valence-corrected chi connectivity index (χ2v) is 7.25. The Kier molecular flexibility index (Phi) is 12.6. The number of benzene rings is 2. The first-order chi connectivity index (χ1) is 13.9. The molecule has 0 aromatic heterocycles. The number of amidine groups is 1. The van der Waals surface area contributed by atoms with Crippen molar-refractivity contribution in [2.75, 3.05) is 4.90 Å². The number of fused-ring (bicyclic) bond motifs is 1. The van der Waals surface area contributed by atoms with E-state index in [0.29, 0.717) is 0 Å². The molecule has 0 radical (unpaired) electrons. The molecule has 3 nitrogen and oxygen atoms in total. The number of anilines is 1. The third-order valence-corrected chi connectivity index (χ3v) is 3.82. The Labute approximate surface area is 179 Å². The predicted molar refractivity (Wildman–Crippen MR) is 133 cm³/mol. The van der Waals surface area contributed by atoms with E-state index in [4.69, 9.17) is 4.99 Å². The molecule has 160 valence electrons. The molecule has 0 N–H and O–H groups in total. The molecule has 0 atom stereocenters. The zero-order valence-electron chi connectivity index (χ0n) is 20.1. The average molecular weight is 396 g/mol. The largest absolute Gasteiger partial charge is 0.323 e. The van der Waals surface area contributed by atoms with E-state index < -0.39 is 0 Å². The van der Waals surface area contributed by atoms with Gasteiger partial charge in [0.1, 0.15) is 5.84 Å². The molecule has 0 aliphatic carbocycles. The minimum Gasteiger partial charge on any atom is -0.323 e. The van der Waals surface area contributed by atoms with Gasteiger partial charge in [-0.1, -0.05) is 99.1 Å². The van der Waals surface area contributed by atoms with E-state index in [1.165, 1.54) is 12.0 Å². The van der Waals surface area contributed by atoms with Crippen molar-refractivity contribution < 1.29 is 0 Å². The summed E-state index contributed by atoms with van der Waals surface area (Å²) in [5.41, 5.74) is 4.18. The molecule has 0 bridgehead atoms. The van der Waals surface area contributed by atoms with E-state index in [2.05, 4.69) is 75.5 Å². The van der Waals surface area contributed by atoms with Gasteiger partial charge in [0.15, 0.2) is 0 Å². The molecular formula is C26H41N3. The highest BCUT2D eigenvalue weighted by Gasteiger charge is 2.30. The van der Waals surface area contributed by atoms with Crippen LogP contribution < -0.4 is 4.90 Å². The number of para-hydroxylation sites is 3. The first-order valence-electron chi connectivity index (χ1n) is 10.9. The smallest absolute Gasteiger partial charge is 0.115 e. The fraction of sp³-hybridized carbons (Fsp3) is 0.462. The van der Waals surface area contributed by atoms with E-state index in [0.717, 1.165) is 29.4 Å². The Morgan fingerprint density at radius 1 is 0.931 bits per heavy atom. The van der Waals surface area contributed by atoms with Gasteiger partial charge in [-0.3, -0.25) is 4.99 Å². The summed E-state index contributed by atoms with van der Waals surface area (Å²) >= 11 is 0. The van der Waals surface area contributed by atoms with Gasteiger partial charge in [-0.2, -0.15) is 0 Å². The van der Waals surface area contributed by atoms with Crippen molar-refractivity contribution in [1.29, 1.82) is 0 Å². The highest BCUT2D eigenvalue weighted by atomic mass is 15.2. The maximum atomic E-state index is 4.93. The van der Waals surface area contributed by atoms with Crippen molar-refractivity contribution in [3.63, 3.8) is 0 Å². The molecule has 0 fully saturated rings. The molecule has 0 spiro atoms. The average Bonchev–Trinajstić information content (AvgIpc) is 2.75. The minimum absolute atomic E-state index is 0.0538. The summed E-state index contributed by atoms with van der Waals surface area (Å²) in [6.45, 7) is 23.3. The molecule has 0 saturated carbocycles. The zero-order valence-corrected chi connectivity index (χ0v) is 20.1. The van der Waals surface area contributed by atoms with Crippen molar-refractivity contribution in [3.8, 4) is 0 Å². The van der Waals surface area contributed by atoms with Crippen LogP contribution in [0.3, 0.4) is 0 Å². The van der Waals surface area contributed by atoms with Gasteiger partial charge in [0.05, 0.1) is 23.6 Å². The van der Waals surface area contributed by atoms with Crippen LogP contribution in [-0.2, 0) is 6.54 Å². The quantitative estimate of drug-likeness (QED) is 0.468. The Hall–Kier alpha value is -2.42. The highest BCUT2D eigenvalue weighted by Crippen LogP contribution is 2.38. The van der Waals surface area contributed by atoms with Crippen LogP contribution in [0.5, 0.6) is 0 Å². The van der Waals surface area contributed by atoms with Crippen LogP contribution >= 0.6 is 0 Å². The maximum Gasteiger partial charge on any atom is 0.115 e. The number of hydrogen-bond donors (Lipinski definition) is 0. The fourth-order valence-electron chi connectivity index (χ4n) is 2.77. The van der Waals surface area contributed by atoms with Crippen LogP contribution in [0.4, 0.5) is 17.1 Å². The lowest BCUT2D eigenvalue weighted by Gasteiger charge is -2.37. The third-order valence-electron chi connectivity index (χ3n) is 3.82. The zero-order chi connectivity index (χ0) is 22.4. The topological polar surface area (TPSA) is 28.0 Å². The predicted octanol–water partition coefficient (Wildman–Crippen LogP) is 8.58. The summed E-state index contributed by atoms with van der Waals surface area (Å²) in [5.74, 6) is 1.06. The summed E-state index contributed by atoms with van der Waals surface area (Å²) in [7, 11) is 0. The van der Waals surface area contributed by atoms with Gasteiger partial charge in [0.25, 0.3) is 0 Å². The van der Waals surface area contributed by atoms with Crippen molar-refractivity contribution in [1.82, 2.24) is 0 Å². The molecule has 0 saturated heterocycles. The summed E-state index contributed by atoms with van der Waals surface area (Å²) < 4.78 is 0. The first-order valence-corrected chi connectivity index (χ1v) is 10.9. The van der Waals surface area contributed by atoms with Crippen LogP contribution in [-0.4, -0.2) is 12.6 Å². The third kappa shape index (κ3) is 7.49. The van der Waals surface area contributed by atoms with E-state index in [1.54, 1.807) is 0 Å². The number of nitrogens with zero attached hydrogens (tertiary/aromatic N) is 3. The molecule has 3 rings (SSSR count). The molecule has 2 aromatic carbocycles. The fourth-order valence-corrected chi connectivity index (χ4v) is 2.77. The number of rotatable bonds is 2. The van der Waals surface area contributed by atoms with Crippen molar-refractivity contribution in [3.05, 3.63) is 54.1 Å². The van der Waals surface area contributed by atoms with Gasteiger partial charge >= 0.3 is 0 Å². The molecule has 1 aliphatic rings. The second kappa shape index (κ2) is 13.7. The van der Waals surface area contributed by atoms with Crippen molar-refractivity contribution >= 4 is 29.6 Å².